The summed E-state index contributed by atoms with van der Waals surface area (Å²) in [5.41, 5.74) is 1.83. The number of carbonyl (C=O) groups is 3. The van der Waals surface area contributed by atoms with E-state index in [0.29, 0.717) is 53.7 Å². The number of fused-ring (bicyclic) bond motifs is 1. The van der Waals surface area contributed by atoms with Crippen molar-refractivity contribution in [3.8, 4) is 0 Å². The molecule has 1 saturated heterocycles. The lowest BCUT2D eigenvalue weighted by atomic mass is 10.1. The number of amides is 3. The highest BCUT2D eigenvalue weighted by Crippen LogP contribution is 2.37. The molecule has 3 aromatic carbocycles. The number of hydrogen-bond acceptors (Lipinski definition) is 4. The van der Waals surface area contributed by atoms with Gasteiger partial charge in [0, 0.05) is 31.2 Å². The molecule has 5 rings (SSSR count). The van der Waals surface area contributed by atoms with Crippen LogP contribution in [0.4, 0.5) is 15.8 Å². The lowest BCUT2D eigenvalue weighted by molar-refractivity contribution is 0.0742. The normalized spacial score (nSPS) is 15.8. The molecule has 8 heteroatoms. The molecular weight excluding hydrogens is 445 g/mol. The third-order valence-corrected chi connectivity index (χ3v) is 6.22. The van der Waals surface area contributed by atoms with Gasteiger partial charge < -0.3 is 9.80 Å². The molecule has 0 spiro atoms. The predicted octanol–water partition coefficient (Wildman–Crippen LogP) is 4.24. The van der Waals surface area contributed by atoms with E-state index in [1.807, 2.05) is 4.90 Å². The Kier molecular flexibility index (Phi) is 5.34. The summed E-state index contributed by atoms with van der Waals surface area (Å²) >= 11 is 6.23. The van der Waals surface area contributed by atoms with Crippen molar-refractivity contribution in [2.45, 2.75) is 0 Å². The quantitative estimate of drug-likeness (QED) is 0.545. The van der Waals surface area contributed by atoms with Crippen LogP contribution < -0.4 is 9.80 Å². The van der Waals surface area contributed by atoms with E-state index in [2.05, 4.69) is 0 Å². The molecule has 0 unspecified atom stereocenters. The number of nitrogens with zero attached hydrogens (tertiary/aromatic N) is 3. The molecule has 2 aliphatic heterocycles. The van der Waals surface area contributed by atoms with Crippen LogP contribution in [0.2, 0.25) is 5.02 Å². The van der Waals surface area contributed by atoms with Gasteiger partial charge in [0.25, 0.3) is 17.7 Å². The Balaban J connectivity index is 1.40. The van der Waals surface area contributed by atoms with E-state index in [1.54, 1.807) is 59.5 Å². The molecule has 0 radical (unpaired) electrons. The number of benzene rings is 3. The van der Waals surface area contributed by atoms with E-state index in [0.717, 1.165) is 4.90 Å². The molecule has 3 aromatic rings. The van der Waals surface area contributed by atoms with Crippen LogP contribution in [0.3, 0.4) is 0 Å². The van der Waals surface area contributed by atoms with Crippen molar-refractivity contribution >= 4 is 40.7 Å². The lowest BCUT2D eigenvalue weighted by Crippen LogP contribution is -2.49. The Hall–Kier alpha value is -3.71. The van der Waals surface area contributed by atoms with Crippen molar-refractivity contribution in [3.63, 3.8) is 0 Å². The summed E-state index contributed by atoms with van der Waals surface area (Å²) in [4.78, 5) is 43.6. The number of anilines is 2. The number of halogens is 2. The van der Waals surface area contributed by atoms with Crippen molar-refractivity contribution in [1.82, 2.24) is 4.90 Å². The fourth-order valence-corrected chi connectivity index (χ4v) is 4.47. The van der Waals surface area contributed by atoms with Crippen molar-refractivity contribution in [2.24, 2.45) is 0 Å². The minimum atomic E-state index is -0.546. The van der Waals surface area contributed by atoms with Gasteiger partial charge in [-0.1, -0.05) is 35.9 Å². The summed E-state index contributed by atoms with van der Waals surface area (Å²) in [6.07, 6.45) is 0. The molecule has 0 bridgehead atoms. The first-order valence-electron chi connectivity index (χ1n) is 10.5. The van der Waals surface area contributed by atoms with Gasteiger partial charge >= 0.3 is 0 Å². The maximum Gasteiger partial charge on any atom is 0.266 e. The van der Waals surface area contributed by atoms with Gasteiger partial charge in [0.1, 0.15) is 5.82 Å². The largest absolute Gasteiger partial charge is 0.366 e. The van der Waals surface area contributed by atoms with Gasteiger partial charge in [-0.2, -0.15) is 0 Å². The Morgan fingerprint density at radius 3 is 2.03 bits per heavy atom. The fraction of sp³-hybridized carbons (Fsp3) is 0.160. The Morgan fingerprint density at radius 1 is 0.788 bits per heavy atom. The Labute approximate surface area is 194 Å². The Morgan fingerprint density at radius 2 is 1.39 bits per heavy atom. The van der Waals surface area contributed by atoms with Gasteiger partial charge in [-0.25, -0.2) is 9.29 Å². The van der Waals surface area contributed by atoms with Crippen LogP contribution >= 0.6 is 11.6 Å². The zero-order valence-electron chi connectivity index (χ0n) is 17.5. The van der Waals surface area contributed by atoms with Gasteiger partial charge in [-0.3, -0.25) is 14.4 Å². The molecule has 0 aliphatic carbocycles. The number of imide groups is 1. The molecule has 2 aliphatic rings. The third-order valence-electron chi connectivity index (χ3n) is 5.98. The standard InChI is InChI=1S/C25H19ClFN3O3/c26-16-9-10-21(22(15-16)30-24(32)17-5-1-2-6-18(17)25(30)33)28-11-13-29(14-12-28)23(31)19-7-3-4-8-20(19)27/h1-10,15H,11-14H2. The van der Waals surface area contributed by atoms with E-state index in [-0.39, 0.29) is 11.5 Å². The van der Waals surface area contributed by atoms with E-state index in [9.17, 15) is 18.8 Å². The van der Waals surface area contributed by atoms with Crippen LogP contribution in [0.5, 0.6) is 0 Å². The highest BCUT2D eigenvalue weighted by Gasteiger charge is 2.38. The maximum atomic E-state index is 14.0. The second-order valence-corrected chi connectivity index (χ2v) is 8.32. The summed E-state index contributed by atoms with van der Waals surface area (Å²) < 4.78 is 14.0. The van der Waals surface area contributed by atoms with Crippen molar-refractivity contribution in [3.05, 3.63) is 94.3 Å². The molecule has 2 heterocycles. The zero-order chi connectivity index (χ0) is 23.1. The maximum absolute atomic E-state index is 14.0. The number of rotatable bonds is 3. The number of piperazine rings is 1. The highest BCUT2D eigenvalue weighted by atomic mass is 35.5. The first kappa shape index (κ1) is 21.2. The third kappa shape index (κ3) is 3.64. The van der Waals surface area contributed by atoms with Gasteiger partial charge in [-0.15, -0.1) is 0 Å². The monoisotopic (exact) mass is 463 g/mol. The van der Waals surface area contributed by atoms with Crippen LogP contribution in [0.25, 0.3) is 0 Å². The second kappa shape index (κ2) is 8.33. The average Bonchev–Trinajstić information content (AvgIpc) is 3.09. The molecule has 0 atom stereocenters. The molecule has 33 heavy (non-hydrogen) atoms. The number of carbonyl (C=O) groups excluding carboxylic acids is 3. The van der Waals surface area contributed by atoms with Crippen LogP contribution in [0.1, 0.15) is 31.1 Å². The van der Waals surface area contributed by atoms with Gasteiger partial charge in [0.05, 0.1) is 28.1 Å². The molecule has 6 nitrogen and oxygen atoms in total. The molecule has 3 amide bonds. The summed E-state index contributed by atoms with van der Waals surface area (Å²) in [5.74, 6) is -1.69. The molecule has 0 aromatic heterocycles. The van der Waals surface area contributed by atoms with E-state index >= 15 is 0 Å². The van der Waals surface area contributed by atoms with Crippen LogP contribution in [0.15, 0.2) is 66.7 Å². The minimum Gasteiger partial charge on any atom is -0.366 e. The number of hydrogen-bond donors (Lipinski definition) is 0. The molecule has 0 N–H and O–H groups in total. The van der Waals surface area contributed by atoms with Crippen LogP contribution in [-0.2, 0) is 0 Å². The van der Waals surface area contributed by atoms with Crippen LogP contribution in [-0.4, -0.2) is 48.8 Å². The van der Waals surface area contributed by atoms with Crippen molar-refractivity contribution in [2.75, 3.05) is 36.0 Å². The van der Waals surface area contributed by atoms with Crippen molar-refractivity contribution < 1.29 is 18.8 Å². The van der Waals surface area contributed by atoms with E-state index < -0.39 is 17.6 Å². The highest BCUT2D eigenvalue weighted by molar-refractivity contribution is 6.36. The molecule has 1 fully saturated rings. The van der Waals surface area contributed by atoms with Gasteiger partial charge in [-0.05, 0) is 42.5 Å². The second-order valence-electron chi connectivity index (χ2n) is 7.88. The first-order chi connectivity index (χ1) is 16.0. The zero-order valence-corrected chi connectivity index (χ0v) is 18.3. The van der Waals surface area contributed by atoms with Gasteiger partial charge in [0.2, 0.25) is 0 Å². The SMILES string of the molecule is O=C(c1ccccc1F)N1CCN(c2ccc(Cl)cc2N2C(=O)c3ccccc3C2=O)CC1. The summed E-state index contributed by atoms with van der Waals surface area (Å²) in [5, 5.41) is 0.402. The summed E-state index contributed by atoms with van der Waals surface area (Å²) in [6.45, 7) is 1.66. The topological polar surface area (TPSA) is 60.9 Å². The fourth-order valence-electron chi connectivity index (χ4n) is 4.31. The lowest BCUT2D eigenvalue weighted by Gasteiger charge is -2.37. The smallest absolute Gasteiger partial charge is 0.266 e. The van der Waals surface area contributed by atoms with Crippen LogP contribution in [0, 0.1) is 5.82 Å². The molecular formula is C25H19ClFN3O3. The molecule has 0 saturated carbocycles. The van der Waals surface area contributed by atoms with E-state index in [4.69, 9.17) is 11.6 Å². The minimum absolute atomic E-state index is 0.0455. The first-order valence-corrected chi connectivity index (χ1v) is 10.9. The summed E-state index contributed by atoms with van der Waals surface area (Å²) in [6, 6.07) is 17.7. The molecule has 166 valence electrons. The Bertz CT molecular complexity index is 1250. The average molecular weight is 464 g/mol. The summed E-state index contributed by atoms with van der Waals surface area (Å²) in [7, 11) is 0. The van der Waals surface area contributed by atoms with E-state index in [1.165, 1.54) is 12.1 Å². The van der Waals surface area contributed by atoms with Crippen molar-refractivity contribution in [1.29, 1.82) is 0 Å². The van der Waals surface area contributed by atoms with Gasteiger partial charge in [0.15, 0.2) is 0 Å². The predicted molar refractivity (Wildman–Crippen MR) is 124 cm³/mol.